The SMILES string of the molecule is CC1(C)c2ccccc2-c2ccc(N(c3ccccc3)c3cc4c(cc3-c3ccc5c(c3)CCCC5)-c3ccccc3C4(C)C)cc21. The summed E-state index contributed by atoms with van der Waals surface area (Å²) >= 11 is 0. The van der Waals surface area contributed by atoms with Gasteiger partial charge in [0, 0.05) is 27.8 Å². The molecule has 6 aromatic rings. The number of hydrogen-bond donors (Lipinski definition) is 0. The van der Waals surface area contributed by atoms with Crippen molar-refractivity contribution in [1.29, 1.82) is 0 Å². The predicted molar refractivity (Wildman–Crippen MR) is 198 cm³/mol. The molecule has 0 bridgehead atoms. The standard InChI is InChI=1S/C46H41N/c1-45(2)40-20-12-10-18-35(40)37-25-24-34(27-42(37)45)47(33-16-6-5-7-17-33)44-29-43-39(36-19-11-13-21-41(36)46(43,3)4)28-38(44)32-23-22-30-14-8-9-15-31(30)26-32/h5-7,10-13,16-29H,8-9,14-15H2,1-4H3. The van der Waals surface area contributed by atoms with Crippen LogP contribution >= 0.6 is 0 Å². The van der Waals surface area contributed by atoms with E-state index in [1.54, 1.807) is 0 Å². The number of rotatable bonds is 4. The monoisotopic (exact) mass is 607 g/mol. The molecule has 0 radical (unpaired) electrons. The van der Waals surface area contributed by atoms with Crippen LogP contribution in [0.25, 0.3) is 33.4 Å². The van der Waals surface area contributed by atoms with Gasteiger partial charge >= 0.3 is 0 Å². The van der Waals surface area contributed by atoms with Gasteiger partial charge in [-0.1, -0.05) is 119 Å². The maximum Gasteiger partial charge on any atom is 0.0543 e. The van der Waals surface area contributed by atoms with Gasteiger partial charge in [0.25, 0.3) is 0 Å². The largest absolute Gasteiger partial charge is 0.310 e. The van der Waals surface area contributed by atoms with Crippen LogP contribution in [0.5, 0.6) is 0 Å². The molecule has 3 aliphatic carbocycles. The maximum atomic E-state index is 2.52. The van der Waals surface area contributed by atoms with Gasteiger partial charge < -0.3 is 4.90 Å². The van der Waals surface area contributed by atoms with Crippen LogP contribution in [-0.4, -0.2) is 0 Å². The van der Waals surface area contributed by atoms with Crippen molar-refractivity contribution in [3.8, 4) is 33.4 Å². The molecule has 0 atom stereocenters. The van der Waals surface area contributed by atoms with E-state index in [-0.39, 0.29) is 10.8 Å². The van der Waals surface area contributed by atoms with Crippen molar-refractivity contribution in [2.24, 2.45) is 0 Å². The van der Waals surface area contributed by atoms with Crippen molar-refractivity contribution in [2.45, 2.75) is 64.2 Å². The van der Waals surface area contributed by atoms with E-state index in [4.69, 9.17) is 0 Å². The van der Waals surface area contributed by atoms with E-state index < -0.39 is 0 Å². The third-order valence-corrected chi connectivity index (χ3v) is 11.4. The molecule has 0 aliphatic heterocycles. The molecule has 0 amide bonds. The van der Waals surface area contributed by atoms with E-state index in [1.165, 1.54) is 110 Å². The van der Waals surface area contributed by atoms with E-state index in [2.05, 4.69) is 160 Å². The Kier molecular flexibility index (Phi) is 6.22. The number of anilines is 3. The summed E-state index contributed by atoms with van der Waals surface area (Å²) in [6, 6.07) is 48.4. The van der Waals surface area contributed by atoms with Gasteiger partial charge in [0.15, 0.2) is 0 Å². The lowest BCUT2D eigenvalue weighted by Crippen LogP contribution is -2.18. The Bertz CT molecular complexity index is 2200. The predicted octanol–water partition coefficient (Wildman–Crippen LogP) is 12.3. The quantitative estimate of drug-likeness (QED) is 0.193. The van der Waals surface area contributed by atoms with Crippen molar-refractivity contribution in [2.75, 3.05) is 4.90 Å². The fourth-order valence-electron chi connectivity index (χ4n) is 8.89. The molecule has 1 nitrogen and oxygen atoms in total. The topological polar surface area (TPSA) is 3.24 Å². The van der Waals surface area contributed by atoms with Gasteiger partial charge in [-0.25, -0.2) is 0 Å². The fraction of sp³-hybridized carbons (Fsp3) is 0.217. The number of hydrogen-bond acceptors (Lipinski definition) is 1. The Labute approximate surface area is 279 Å². The van der Waals surface area contributed by atoms with Gasteiger partial charge in [0.1, 0.15) is 0 Å². The summed E-state index contributed by atoms with van der Waals surface area (Å²) in [7, 11) is 0. The molecule has 0 saturated heterocycles. The van der Waals surface area contributed by atoms with Crippen molar-refractivity contribution in [1.82, 2.24) is 0 Å². The maximum absolute atomic E-state index is 2.52. The van der Waals surface area contributed by atoms with Gasteiger partial charge in [-0.3, -0.25) is 0 Å². The van der Waals surface area contributed by atoms with E-state index >= 15 is 0 Å². The Morgan fingerprint density at radius 2 is 1.02 bits per heavy atom. The highest BCUT2D eigenvalue weighted by Gasteiger charge is 2.38. The molecule has 9 rings (SSSR count). The number of nitrogens with zero attached hydrogens (tertiary/aromatic N) is 1. The normalized spacial score (nSPS) is 16.1. The van der Waals surface area contributed by atoms with Crippen LogP contribution in [-0.2, 0) is 23.7 Å². The molecule has 3 aliphatic rings. The molecule has 47 heavy (non-hydrogen) atoms. The Morgan fingerprint density at radius 1 is 0.426 bits per heavy atom. The molecule has 0 aromatic heterocycles. The van der Waals surface area contributed by atoms with Crippen molar-refractivity contribution in [3.63, 3.8) is 0 Å². The number of benzene rings is 6. The minimum atomic E-state index is -0.0982. The van der Waals surface area contributed by atoms with Crippen molar-refractivity contribution in [3.05, 3.63) is 161 Å². The molecular weight excluding hydrogens is 567 g/mol. The average Bonchev–Trinajstić information content (AvgIpc) is 3.47. The second-order valence-corrected chi connectivity index (χ2v) is 14.8. The van der Waals surface area contributed by atoms with E-state index in [1.807, 2.05) is 0 Å². The molecule has 0 fully saturated rings. The summed E-state index contributed by atoms with van der Waals surface area (Å²) in [5, 5.41) is 0. The van der Waals surface area contributed by atoms with Crippen LogP contribution in [0.2, 0.25) is 0 Å². The smallest absolute Gasteiger partial charge is 0.0543 e. The lowest BCUT2D eigenvalue weighted by Gasteiger charge is -2.32. The Hall–Kier alpha value is -4.88. The minimum absolute atomic E-state index is 0.0762. The van der Waals surface area contributed by atoms with Crippen LogP contribution in [0.3, 0.4) is 0 Å². The zero-order chi connectivity index (χ0) is 31.9. The van der Waals surface area contributed by atoms with E-state index in [9.17, 15) is 0 Å². The zero-order valence-corrected chi connectivity index (χ0v) is 27.9. The van der Waals surface area contributed by atoms with Crippen molar-refractivity contribution >= 4 is 17.1 Å². The first-order chi connectivity index (χ1) is 22.8. The van der Waals surface area contributed by atoms with Crippen LogP contribution in [0.15, 0.2) is 127 Å². The van der Waals surface area contributed by atoms with E-state index in [0.29, 0.717) is 0 Å². The summed E-state index contributed by atoms with van der Waals surface area (Å²) < 4.78 is 0. The highest BCUT2D eigenvalue weighted by atomic mass is 15.1. The summed E-state index contributed by atoms with van der Waals surface area (Å²) in [6.45, 7) is 9.54. The first kappa shape index (κ1) is 28.4. The van der Waals surface area contributed by atoms with Crippen LogP contribution < -0.4 is 4.90 Å². The van der Waals surface area contributed by atoms with Gasteiger partial charge in [-0.2, -0.15) is 0 Å². The average molecular weight is 608 g/mol. The highest BCUT2D eigenvalue weighted by Crippen LogP contribution is 2.55. The molecule has 0 unspecified atom stereocenters. The summed E-state index contributed by atoms with van der Waals surface area (Å²) in [4.78, 5) is 2.52. The molecule has 0 saturated carbocycles. The van der Waals surface area contributed by atoms with Gasteiger partial charge in [-0.15, -0.1) is 0 Å². The minimum Gasteiger partial charge on any atom is -0.310 e. The van der Waals surface area contributed by atoms with Gasteiger partial charge in [0.2, 0.25) is 0 Å². The lowest BCUT2D eigenvalue weighted by molar-refractivity contribution is 0.660. The lowest BCUT2D eigenvalue weighted by atomic mass is 9.81. The molecule has 0 spiro atoms. The second kappa shape index (κ2) is 10.3. The molecular formula is C46H41N. The second-order valence-electron chi connectivity index (χ2n) is 14.8. The van der Waals surface area contributed by atoms with Gasteiger partial charge in [-0.05, 0) is 123 Å². The molecule has 0 N–H and O–H groups in total. The molecule has 0 heterocycles. The number of aryl methyl sites for hydroxylation is 2. The van der Waals surface area contributed by atoms with Crippen LogP contribution in [0.4, 0.5) is 17.1 Å². The summed E-state index contributed by atoms with van der Waals surface area (Å²) in [6.07, 6.45) is 4.93. The summed E-state index contributed by atoms with van der Waals surface area (Å²) in [5.41, 5.74) is 20.1. The third kappa shape index (κ3) is 4.22. The zero-order valence-electron chi connectivity index (χ0n) is 27.9. The van der Waals surface area contributed by atoms with E-state index in [0.717, 1.165) is 0 Å². The fourth-order valence-corrected chi connectivity index (χ4v) is 8.89. The number of fused-ring (bicyclic) bond motifs is 7. The van der Waals surface area contributed by atoms with Crippen molar-refractivity contribution < 1.29 is 0 Å². The van der Waals surface area contributed by atoms with Crippen LogP contribution in [0.1, 0.15) is 73.9 Å². The Balaban J connectivity index is 1.32. The molecule has 6 aromatic carbocycles. The van der Waals surface area contributed by atoms with Gasteiger partial charge in [0.05, 0.1) is 5.69 Å². The first-order valence-electron chi connectivity index (χ1n) is 17.3. The highest BCUT2D eigenvalue weighted by molar-refractivity contribution is 5.95. The Morgan fingerprint density at radius 3 is 1.74 bits per heavy atom. The summed E-state index contributed by atoms with van der Waals surface area (Å²) in [5.74, 6) is 0. The third-order valence-electron chi connectivity index (χ3n) is 11.4. The molecule has 1 heteroatoms. The molecule has 230 valence electrons. The first-order valence-corrected chi connectivity index (χ1v) is 17.3. The van der Waals surface area contributed by atoms with Crippen LogP contribution in [0, 0.1) is 0 Å². The number of para-hydroxylation sites is 1.